The summed E-state index contributed by atoms with van der Waals surface area (Å²) in [6, 6.07) is 3.48. The molecule has 0 aromatic carbocycles. The van der Waals surface area contributed by atoms with E-state index in [2.05, 4.69) is 10.2 Å². The fourth-order valence-electron chi connectivity index (χ4n) is 2.17. The first kappa shape index (κ1) is 12.1. The second-order valence-corrected chi connectivity index (χ2v) is 5.10. The average Bonchev–Trinajstić information content (AvgIpc) is 3.15. The first-order chi connectivity index (χ1) is 9.15. The van der Waals surface area contributed by atoms with E-state index < -0.39 is 6.10 Å². The van der Waals surface area contributed by atoms with Gasteiger partial charge in [0, 0.05) is 19.8 Å². The highest BCUT2D eigenvalue weighted by Gasteiger charge is 2.31. The van der Waals surface area contributed by atoms with Crippen LogP contribution in [0.3, 0.4) is 0 Å². The maximum absolute atomic E-state index is 12.2. The van der Waals surface area contributed by atoms with Gasteiger partial charge in [-0.25, -0.2) is 0 Å². The molecular weight excluding hydrogens is 244 g/mol. The van der Waals surface area contributed by atoms with E-state index in [1.807, 2.05) is 0 Å². The third kappa shape index (κ3) is 2.44. The Balaban J connectivity index is 1.74. The number of hydrogen-bond donors (Lipinski definition) is 1. The first-order valence-corrected chi connectivity index (χ1v) is 6.38. The van der Waals surface area contributed by atoms with Crippen LogP contribution in [-0.4, -0.2) is 50.2 Å². The van der Waals surface area contributed by atoms with Crippen molar-refractivity contribution in [2.75, 3.05) is 13.6 Å². The highest BCUT2D eigenvalue weighted by molar-refractivity contribution is 5.94. The molecule has 2 aromatic rings. The van der Waals surface area contributed by atoms with Crippen molar-refractivity contribution in [2.45, 2.75) is 18.9 Å². The van der Waals surface area contributed by atoms with Crippen LogP contribution in [0.5, 0.6) is 0 Å². The first-order valence-electron chi connectivity index (χ1n) is 6.38. The molecule has 3 rings (SSSR count). The van der Waals surface area contributed by atoms with Crippen molar-refractivity contribution in [3.05, 3.63) is 30.2 Å². The van der Waals surface area contributed by atoms with E-state index in [9.17, 15) is 9.90 Å². The summed E-state index contributed by atoms with van der Waals surface area (Å²) in [5.74, 6) is 0.269. The number of pyridine rings is 1. The second-order valence-electron chi connectivity index (χ2n) is 5.10. The highest BCUT2D eigenvalue weighted by Crippen LogP contribution is 2.32. The lowest BCUT2D eigenvalue weighted by molar-refractivity contribution is 0.0645. The molecule has 0 aliphatic heterocycles. The fourth-order valence-corrected chi connectivity index (χ4v) is 2.17. The minimum absolute atomic E-state index is 0.102. The van der Waals surface area contributed by atoms with Crippen molar-refractivity contribution in [3.63, 3.8) is 0 Å². The summed E-state index contributed by atoms with van der Waals surface area (Å²) in [5, 5.41) is 17.5. The van der Waals surface area contributed by atoms with Crippen LogP contribution in [-0.2, 0) is 0 Å². The van der Waals surface area contributed by atoms with Crippen LogP contribution in [0, 0.1) is 5.92 Å². The number of nitrogens with zero attached hydrogens (tertiary/aromatic N) is 4. The normalized spacial score (nSPS) is 16.5. The molecule has 0 saturated heterocycles. The van der Waals surface area contributed by atoms with Gasteiger partial charge in [0.1, 0.15) is 6.33 Å². The molecule has 1 amide bonds. The monoisotopic (exact) mass is 260 g/mol. The molecule has 0 spiro atoms. The van der Waals surface area contributed by atoms with Gasteiger partial charge in [-0.15, -0.1) is 10.2 Å². The van der Waals surface area contributed by atoms with Crippen LogP contribution >= 0.6 is 0 Å². The maximum Gasteiger partial charge on any atom is 0.255 e. The van der Waals surface area contributed by atoms with Crippen LogP contribution in [0.1, 0.15) is 23.2 Å². The molecule has 2 heterocycles. The van der Waals surface area contributed by atoms with E-state index in [0.29, 0.717) is 23.7 Å². The highest BCUT2D eigenvalue weighted by atomic mass is 16.3. The molecule has 1 fully saturated rings. The van der Waals surface area contributed by atoms with Crippen LogP contribution in [0.4, 0.5) is 0 Å². The Morgan fingerprint density at radius 3 is 3.11 bits per heavy atom. The largest absolute Gasteiger partial charge is 0.391 e. The minimum atomic E-state index is -0.410. The average molecular weight is 260 g/mol. The Morgan fingerprint density at radius 2 is 2.37 bits per heavy atom. The minimum Gasteiger partial charge on any atom is -0.391 e. The number of carbonyl (C=O) groups excluding carboxylic acids is 1. The summed E-state index contributed by atoms with van der Waals surface area (Å²) in [6.07, 6.45) is 4.99. The Morgan fingerprint density at radius 1 is 1.58 bits per heavy atom. The summed E-state index contributed by atoms with van der Waals surface area (Å²) < 4.78 is 1.71. The van der Waals surface area contributed by atoms with Gasteiger partial charge >= 0.3 is 0 Å². The lowest BCUT2D eigenvalue weighted by Crippen LogP contribution is -2.35. The molecule has 6 nitrogen and oxygen atoms in total. The SMILES string of the molecule is CN(CC(O)C1CC1)C(=O)c1ccc2nncn2c1. The number of amides is 1. The lowest BCUT2D eigenvalue weighted by Gasteiger charge is -2.20. The maximum atomic E-state index is 12.2. The number of aliphatic hydroxyl groups excluding tert-OH is 1. The predicted molar refractivity (Wildman–Crippen MR) is 68.7 cm³/mol. The fraction of sp³-hybridized carbons (Fsp3) is 0.462. The number of carbonyl (C=O) groups is 1. The standard InChI is InChI=1S/C13H16N4O2/c1-16(7-11(18)9-2-3-9)13(19)10-4-5-12-15-14-8-17(12)6-10/h4-6,8-9,11,18H,2-3,7H2,1H3. The Kier molecular flexibility index (Phi) is 2.94. The van der Waals surface area contributed by atoms with Gasteiger partial charge in [-0.2, -0.15) is 0 Å². The number of likely N-dealkylation sites (N-methyl/N-ethyl adjacent to an activating group) is 1. The molecule has 0 radical (unpaired) electrons. The number of fused-ring (bicyclic) bond motifs is 1. The van der Waals surface area contributed by atoms with Crippen LogP contribution in [0.15, 0.2) is 24.7 Å². The van der Waals surface area contributed by atoms with Crippen molar-refractivity contribution in [1.29, 1.82) is 0 Å². The molecule has 1 aliphatic carbocycles. The Hall–Kier alpha value is -1.95. The summed E-state index contributed by atoms with van der Waals surface area (Å²) in [5.41, 5.74) is 1.27. The van der Waals surface area contributed by atoms with Crippen LogP contribution < -0.4 is 0 Å². The van der Waals surface area contributed by atoms with Crippen LogP contribution in [0.2, 0.25) is 0 Å². The summed E-state index contributed by atoms with van der Waals surface area (Å²) in [4.78, 5) is 13.8. The van der Waals surface area contributed by atoms with Gasteiger partial charge in [-0.1, -0.05) is 0 Å². The van der Waals surface area contributed by atoms with E-state index in [1.165, 1.54) is 0 Å². The van der Waals surface area contributed by atoms with Gasteiger partial charge < -0.3 is 10.0 Å². The molecule has 1 atom stereocenters. The van der Waals surface area contributed by atoms with Crippen molar-refractivity contribution < 1.29 is 9.90 Å². The smallest absolute Gasteiger partial charge is 0.255 e. The third-order valence-electron chi connectivity index (χ3n) is 3.51. The van der Waals surface area contributed by atoms with Gasteiger partial charge in [0.15, 0.2) is 5.65 Å². The number of hydrogen-bond acceptors (Lipinski definition) is 4. The zero-order valence-electron chi connectivity index (χ0n) is 10.7. The Bertz CT molecular complexity index is 605. The van der Waals surface area contributed by atoms with Crippen molar-refractivity contribution >= 4 is 11.6 Å². The second kappa shape index (κ2) is 4.62. The van der Waals surface area contributed by atoms with E-state index in [1.54, 1.807) is 41.0 Å². The van der Waals surface area contributed by atoms with Gasteiger partial charge in [-0.05, 0) is 30.9 Å². The van der Waals surface area contributed by atoms with Crippen molar-refractivity contribution in [3.8, 4) is 0 Å². The number of aliphatic hydroxyl groups is 1. The molecule has 1 aliphatic rings. The molecular formula is C13H16N4O2. The molecule has 6 heteroatoms. The quantitative estimate of drug-likeness (QED) is 0.872. The molecule has 19 heavy (non-hydrogen) atoms. The van der Waals surface area contributed by atoms with Crippen LogP contribution in [0.25, 0.3) is 5.65 Å². The molecule has 0 bridgehead atoms. The zero-order chi connectivity index (χ0) is 13.4. The number of aromatic nitrogens is 3. The van der Waals surface area contributed by atoms with Gasteiger partial charge in [0.25, 0.3) is 5.91 Å². The van der Waals surface area contributed by atoms with Crippen molar-refractivity contribution in [2.24, 2.45) is 5.92 Å². The van der Waals surface area contributed by atoms with Gasteiger partial charge in [0.2, 0.25) is 0 Å². The van der Waals surface area contributed by atoms with E-state index in [0.717, 1.165) is 12.8 Å². The number of rotatable bonds is 4. The molecule has 1 unspecified atom stereocenters. The topological polar surface area (TPSA) is 70.7 Å². The molecule has 1 N–H and O–H groups in total. The van der Waals surface area contributed by atoms with E-state index in [-0.39, 0.29) is 5.91 Å². The summed E-state index contributed by atoms with van der Waals surface area (Å²) in [7, 11) is 1.71. The van der Waals surface area contributed by atoms with Crippen molar-refractivity contribution in [1.82, 2.24) is 19.5 Å². The van der Waals surface area contributed by atoms with Gasteiger partial charge in [-0.3, -0.25) is 9.20 Å². The predicted octanol–water partition coefficient (Wildman–Crippen LogP) is 0.572. The van der Waals surface area contributed by atoms with E-state index in [4.69, 9.17) is 0 Å². The molecule has 1 saturated carbocycles. The summed E-state index contributed by atoms with van der Waals surface area (Å²) in [6.45, 7) is 0.379. The Labute approximate surface area is 110 Å². The zero-order valence-corrected chi connectivity index (χ0v) is 10.7. The molecule has 2 aromatic heterocycles. The summed E-state index contributed by atoms with van der Waals surface area (Å²) >= 11 is 0. The third-order valence-corrected chi connectivity index (χ3v) is 3.51. The molecule has 100 valence electrons. The van der Waals surface area contributed by atoms with E-state index >= 15 is 0 Å². The lowest BCUT2D eigenvalue weighted by atomic mass is 10.2. The van der Waals surface area contributed by atoms with Gasteiger partial charge in [0.05, 0.1) is 11.7 Å².